The number of fused-ring (bicyclic) bond motifs is 1. The Hall–Kier alpha value is -2.82. The largest absolute Gasteiger partial charge is 0.493 e. The standard InChI is InChI=1S/C18H18N2O3/c1-3-23-15-9-5-4-8-13(15)18-14(11-17(21)22)20-12(2)7-6-10-16(20)19-18/h4-10H,3,11H2,1-2H3,(H,21,22). The zero-order chi connectivity index (χ0) is 16.4. The van der Waals surface area contributed by atoms with Crippen LogP contribution in [0, 0.1) is 6.92 Å². The number of nitrogens with zero attached hydrogens (tertiary/aromatic N) is 2. The van der Waals surface area contributed by atoms with Crippen molar-refractivity contribution in [3.63, 3.8) is 0 Å². The molecule has 0 aliphatic rings. The van der Waals surface area contributed by atoms with Crippen molar-refractivity contribution in [2.75, 3.05) is 6.61 Å². The topological polar surface area (TPSA) is 63.8 Å². The summed E-state index contributed by atoms with van der Waals surface area (Å²) in [6, 6.07) is 13.3. The van der Waals surface area contributed by atoms with Gasteiger partial charge < -0.3 is 14.2 Å². The molecule has 0 spiro atoms. The van der Waals surface area contributed by atoms with E-state index in [0.29, 0.717) is 23.7 Å². The van der Waals surface area contributed by atoms with Crippen molar-refractivity contribution in [3.8, 4) is 17.0 Å². The Balaban J connectivity index is 2.29. The van der Waals surface area contributed by atoms with Gasteiger partial charge in [0.2, 0.25) is 0 Å². The fraction of sp³-hybridized carbons (Fsp3) is 0.222. The maximum Gasteiger partial charge on any atom is 0.309 e. The number of hydrogen-bond donors (Lipinski definition) is 1. The average Bonchev–Trinajstić information content (AvgIpc) is 2.87. The van der Waals surface area contributed by atoms with Gasteiger partial charge in [-0.2, -0.15) is 0 Å². The Morgan fingerprint density at radius 2 is 2.00 bits per heavy atom. The van der Waals surface area contributed by atoms with Gasteiger partial charge in [-0.15, -0.1) is 0 Å². The van der Waals surface area contributed by atoms with E-state index in [0.717, 1.165) is 16.9 Å². The summed E-state index contributed by atoms with van der Waals surface area (Å²) in [6.45, 7) is 4.40. The third kappa shape index (κ3) is 2.77. The molecule has 5 nitrogen and oxygen atoms in total. The van der Waals surface area contributed by atoms with Gasteiger partial charge in [0.05, 0.1) is 24.4 Å². The van der Waals surface area contributed by atoms with E-state index in [2.05, 4.69) is 4.98 Å². The lowest BCUT2D eigenvalue weighted by Gasteiger charge is -2.10. The van der Waals surface area contributed by atoms with Crippen LogP contribution in [0.4, 0.5) is 0 Å². The van der Waals surface area contributed by atoms with Crippen LogP contribution in [0.15, 0.2) is 42.5 Å². The Kier molecular flexibility index (Phi) is 4.02. The molecule has 118 valence electrons. The second kappa shape index (κ2) is 6.12. The summed E-state index contributed by atoms with van der Waals surface area (Å²) in [4.78, 5) is 16.0. The highest BCUT2D eigenvalue weighted by atomic mass is 16.5. The van der Waals surface area contributed by atoms with E-state index in [9.17, 15) is 9.90 Å². The molecular formula is C18H18N2O3. The molecule has 2 aromatic heterocycles. The van der Waals surface area contributed by atoms with E-state index < -0.39 is 5.97 Å². The normalized spacial score (nSPS) is 10.9. The molecule has 1 N–H and O–H groups in total. The van der Waals surface area contributed by atoms with Crippen LogP contribution in [-0.2, 0) is 11.2 Å². The van der Waals surface area contributed by atoms with Gasteiger partial charge in [0.1, 0.15) is 11.4 Å². The first-order valence-electron chi connectivity index (χ1n) is 7.52. The number of imidazole rings is 1. The minimum Gasteiger partial charge on any atom is -0.493 e. The van der Waals surface area contributed by atoms with Crippen LogP contribution in [0.3, 0.4) is 0 Å². The summed E-state index contributed by atoms with van der Waals surface area (Å²) in [6.07, 6.45) is -0.0954. The molecule has 0 unspecified atom stereocenters. The van der Waals surface area contributed by atoms with E-state index in [4.69, 9.17) is 4.74 Å². The number of aliphatic carboxylic acids is 1. The van der Waals surface area contributed by atoms with Crippen molar-refractivity contribution >= 4 is 11.6 Å². The molecule has 3 aromatic rings. The summed E-state index contributed by atoms with van der Waals surface area (Å²) in [5, 5.41) is 9.31. The van der Waals surface area contributed by atoms with Gasteiger partial charge in [0.15, 0.2) is 0 Å². The van der Waals surface area contributed by atoms with Crippen LogP contribution in [0.5, 0.6) is 5.75 Å². The van der Waals surface area contributed by atoms with Crippen LogP contribution < -0.4 is 4.74 Å². The maximum absolute atomic E-state index is 11.3. The lowest BCUT2D eigenvalue weighted by Crippen LogP contribution is -2.06. The Morgan fingerprint density at radius 1 is 1.22 bits per heavy atom. The molecule has 0 saturated carbocycles. The number of aryl methyl sites for hydroxylation is 1. The van der Waals surface area contributed by atoms with Crippen molar-refractivity contribution in [2.24, 2.45) is 0 Å². The molecule has 0 aliphatic carbocycles. The number of aromatic nitrogens is 2. The fourth-order valence-electron chi connectivity index (χ4n) is 2.79. The number of ether oxygens (including phenoxy) is 1. The van der Waals surface area contributed by atoms with Crippen LogP contribution in [0.25, 0.3) is 16.9 Å². The number of carboxylic acid groups (broad SMARTS) is 1. The zero-order valence-corrected chi connectivity index (χ0v) is 13.1. The molecule has 5 heteroatoms. The molecule has 0 bridgehead atoms. The summed E-state index contributed by atoms with van der Waals surface area (Å²) in [5.41, 5.74) is 3.83. The van der Waals surface area contributed by atoms with E-state index in [1.54, 1.807) is 0 Å². The van der Waals surface area contributed by atoms with Crippen LogP contribution in [0.2, 0.25) is 0 Å². The van der Waals surface area contributed by atoms with E-state index in [-0.39, 0.29) is 6.42 Å². The van der Waals surface area contributed by atoms with Gasteiger partial charge in [0, 0.05) is 11.3 Å². The quantitative estimate of drug-likeness (QED) is 0.785. The minimum atomic E-state index is -0.884. The molecule has 0 aliphatic heterocycles. The molecule has 0 fully saturated rings. The average molecular weight is 310 g/mol. The highest BCUT2D eigenvalue weighted by molar-refractivity contribution is 5.78. The van der Waals surface area contributed by atoms with Crippen molar-refractivity contribution in [1.29, 1.82) is 0 Å². The third-order valence-electron chi connectivity index (χ3n) is 3.69. The van der Waals surface area contributed by atoms with Gasteiger partial charge in [-0.25, -0.2) is 4.98 Å². The maximum atomic E-state index is 11.3. The molecule has 0 atom stereocenters. The second-order valence-corrected chi connectivity index (χ2v) is 5.27. The molecule has 23 heavy (non-hydrogen) atoms. The number of para-hydroxylation sites is 1. The predicted octanol–water partition coefficient (Wildman–Crippen LogP) is 3.34. The van der Waals surface area contributed by atoms with E-state index >= 15 is 0 Å². The van der Waals surface area contributed by atoms with Crippen molar-refractivity contribution in [1.82, 2.24) is 9.38 Å². The molecule has 1 aromatic carbocycles. The highest BCUT2D eigenvalue weighted by Gasteiger charge is 2.20. The lowest BCUT2D eigenvalue weighted by molar-refractivity contribution is -0.136. The number of carbonyl (C=O) groups is 1. The second-order valence-electron chi connectivity index (χ2n) is 5.27. The van der Waals surface area contributed by atoms with Crippen molar-refractivity contribution in [2.45, 2.75) is 20.3 Å². The highest BCUT2D eigenvalue weighted by Crippen LogP contribution is 2.33. The summed E-state index contributed by atoms with van der Waals surface area (Å²) < 4.78 is 7.58. The summed E-state index contributed by atoms with van der Waals surface area (Å²) in [5.74, 6) is -0.173. The number of pyridine rings is 1. The molecule has 2 heterocycles. The molecule has 3 rings (SSSR count). The predicted molar refractivity (Wildman–Crippen MR) is 87.9 cm³/mol. The number of hydrogen-bond acceptors (Lipinski definition) is 3. The van der Waals surface area contributed by atoms with Gasteiger partial charge in [0.25, 0.3) is 0 Å². The van der Waals surface area contributed by atoms with Gasteiger partial charge >= 0.3 is 5.97 Å². The smallest absolute Gasteiger partial charge is 0.309 e. The van der Waals surface area contributed by atoms with Crippen LogP contribution in [0.1, 0.15) is 18.3 Å². The third-order valence-corrected chi connectivity index (χ3v) is 3.69. The van der Waals surface area contributed by atoms with E-state index in [1.165, 1.54) is 0 Å². The number of benzene rings is 1. The zero-order valence-electron chi connectivity index (χ0n) is 13.1. The fourth-order valence-corrected chi connectivity index (χ4v) is 2.79. The SMILES string of the molecule is CCOc1ccccc1-c1nc2cccc(C)n2c1CC(=O)O. The molecule has 0 radical (unpaired) electrons. The number of rotatable bonds is 5. The first kappa shape index (κ1) is 15.1. The van der Waals surface area contributed by atoms with Crippen molar-refractivity contribution < 1.29 is 14.6 Å². The van der Waals surface area contributed by atoms with Gasteiger partial charge in [-0.3, -0.25) is 4.79 Å². The van der Waals surface area contributed by atoms with Crippen LogP contribution in [-0.4, -0.2) is 27.1 Å². The minimum absolute atomic E-state index is 0.0954. The first-order valence-corrected chi connectivity index (χ1v) is 7.52. The molecule has 0 amide bonds. The van der Waals surface area contributed by atoms with Crippen molar-refractivity contribution in [3.05, 3.63) is 53.9 Å². The summed E-state index contributed by atoms with van der Waals surface area (Å²) in [7, 11) is 0. The first-order chi connectivity index (χ1) is 11.1. The lowest BCUT2D eigenvalue weighted by atomic mass is 10.1. The monoisotopic (exact) mass is 310 g/mol. The van der Waals surface area contributed by atoms with Gasteiger partial charge in [-0.05, 0) is 38.1 Å². The Bertz CT molecular complexity index is 868. The van der Waals surface area contributed by atoms with E-state index in [1.807, 2.05) is 60.7 Å². The molecular weight excluding hydrogens is 292 g/mol. The summed E-state index contributed by atoms with van der Waals surface area (Å²) >= 11 is 0. The van der Waals surface area contributed by atoms with Gasteiger partial charge in [-0.1, -0.05) is 18.2 Å². The van der Waals surface area contributed by atoms with Crippen LogP contribution >= 0.6 is 0 Å². The number of carboxylic acids is 1. The molecule has 0 saturated heterocycles. The Labute approximate surface area is 134 Å². The Morgan fingerprint density at radius 3 is 2.74 bits per heavy atom.